The normalized spacial score (nSPS) is 17.5. The number of hydrogen-bond acceptors (Lipinski definition) is 0. The summed E-state index contributed by atoms with van der Waals surface area (Å²) in [4.78, 5) is 0. The van der Waals surface area contributed by atoms with Gasteiger partial charge in [0.2, 0.25) is 0 Å². The lowest BCUT2D eigenvalue weighted by atomic mass is 9.78. The molecule has 31 heavy (non-hydrogen) atoms. The maximum Gasteiger partial charge on any atom is 0.141 e. The van der Waals surface area contributed by atoms with E-state index in [2.05, 4.69) is 117 Å². The van der Waals surface area contributed by atoms with Crippen LogP contribution in [0.25, 0.3) is 17.2 Å². The number of rotatable bonds is 3. The molecule has 1 aliphatic carbocycles. The molecule has 0 N–H and O–H groups in total. The molecule has 1 atom stereocenters. The fourth-order valence-electron chi connectivity index (χ4n) is 4.75. The summed E-state index contributed by atoms with van der Waals surface area (Å²) in [5.74, 6) is 0. The molecule has 0 radical (unpaired) electrons. The quantitative estimate of drug-likeness (QED) is 0.311. The van der Waals surface area contributed by atoms with Gasteiger partial charge in [-0.2, -0.15) is 11.1 Å². The molecule has 1 aliphatic rings. The molecule has 1 unspecified atom stereocenters. The molecule has 0 spiro atoms. The molecule has 0 aromatic heterocycles. The van der Waals surface area contributed by atoms with Gasteiger partial charge in [-0.15, -0.1) is 0 Å². The van der Waals surface area contributed by atoms with Gasteiger partial charge in [0.15, 0.2) is 0 Å². The van der Waals surface area contributed by atoms with E-state index >= 15 is 0 Å². The summed E-state index contributed by atoms with van der Waals surface area (Å²) in [6.45, 7) is 24.2. The van der Waals surface area contributed by atoms with E-state index in [1.165, 1.54) is 39.0 Å². The Morgan fingerprint density at radius 2 is 1.32 bits per heavy atom. The first-order chi connectivity index (χ1) is 13.9. The molecule has 0 nitrogen and oxygen atoms in total. The summed E-state index contributed by atoms with van der Waals surface area (Å²) in [6, 6.07) is 14.2. The summed E-state index contributed by atoms with van der Waals surface area (Å²) in [7, 11) is -1.66. The predicted octanol–water partition coefficient (Wildman–Crippen LogP) is 9.22. The van der Waals surface area contributed by atoms with E-state index in [4.69, 9.17) is 11.1 Å². The summed E-state index contributed by atoms with van der Waals surface area (Å²) >= 11 is 7.11. The van der Waals surface area contributed by atoms with E-state index in [9.17, 15) is 0 Å². The van der Waals surface area contributed by atoms with Crippen molar-refractivity contribution >= 4 is 31.6 Å². The van der Waals surface area contributed by atoms with Gasteiger partial charge >= 0.3 is 0 Å². The second-order valence-electron chi connectivity index (χ2n) is 12.6. The smallest absolute Gasteiger partial charge is 0.141 e. The van der Waals surface area contributed by atoms with Crippen LogP contribution in [0.3, 0.4) is 0 Å². The van der Waals surface area contributed by atoms with Gasteiger partial charge in [0.25, 0.3) is 0 Å². The van der Waals surface area contributed by atoms with E-state index in [0.29, 0.717) is 5.54 Å². The number of hydrogen-bond donors (Lipinski definition) is 0. The highest BCUT2D eigenvalue weighted by Crippen LogP contribution is 2.49. The van der Waals surface area contributed by atoms with Crippen LogP contribution >= 0.6 is 11.1 Å². The zero-order chi connectivity index (χ0) is 23.6. The largest absolute Gasteiger partial charge is 0.171 e. The van der Waals surface area contributed by atoms with Crippen LogP contribution in [-0.4, -0.2) is 14.5 Å². The molecule has 0 heterocycles. The van der Waals surface area contributed by atoms with Crippen LogP contribution in [0.15, 0.2) is 42.0 Å². The standard InChI is InChI=1S/C28H41ClSi2/c1-19-15-25-23(13-12-14-24(25)26(19)30(8,9)31(10,11)29)20-16-21(27(2,3)4)18-22(17-20)28(5,6)7/h12-18,26H,1-11H3. The Morgan fingerprint density at radius 3 is 1.77 bits per heavy atom. The van der Waals surface area contributed by atoms with Crippen molar-refractivity contribution in [3.63, 3.8) is 0 Å². The van der Waals surface area contributed by atoms with Crippen LogP contribution in [0.4, 0.5) is 0 Å². The molecule has 3 rings (SSSR count). The maximum atomic E-state index is 7.11. The maximum absolute atomic E-state index is 7.11. The molecule has 0 saturated heterocycles. The summed E-state index contributed by atoms with van der Waals surface area (Å²) in [5.41, 5.74) is 10.7. The third-order valence-electron chi connectivity index (χ3n) is 7.51. The van der Waals surface area contributed by atoms with Gasteiger partial charge in [-0.25, -0.2) is 0 Å². The van der Waals surface area contributed by atoms with Crippen molar-refractivity contribution in [1.82, 2.24) is 0 Å². The Labute approximate surface area is 197 Å². The van der Waals surface area contributed by atoms with E-state index in [1.807, 2.05) is 0 Å². The fraction of sp³-hybridized carbons (Fsp3) is 0.500. The van der Waals surface area contributed by atoms with Gasteiger partial charge in [0, 0.05) is 0 Å². The first-order valence-corrected chi connectivity index (χ1v) is 19.7. The third kappa shape index (κ3) is 4.54. The molecule has 168 valence electrons. The second-order valence-corrected chi connectivity index (χ2v) is 31.0. The molecule has 3 heteroatoms. The second kappa shape index (κ2) is 7.75. The summed E-state index contributed by atoms with van der Waals surface area (Å²) in [6.07, 6.45) is 2.46. The average molecular weight is 469 g/mol. The van der Waals surface area contributed by atoms with Crippen LogP contribution in [0.5, 0.6) is 0 Å². The highest BCUT2D eigenvalue weighted by Gasteiger charge is 2.49. The molecular weight excluding hydrogens is 428 g/mol. The highest BCUT2D eigenvalue weighted by molar-refractivity contribution is 7.58. The summed E-state index contributed by atoms with van der Waals surface area (Å²) in [5, 5.41) is 0. The topological polar surface area (TPSA) is 0 Å². The van der Waals surface area contributed by atoms with Crippen LogP contribution in [0.1, 0.15) is 76.3 Å². The number of fused-ring (bicyclic) bond motifs is 1. The number of benzene rings is 2. The van der Waals surface area contributed by atoms with Crippen molar-refractivity contribution in [2.75, 3.05) is 0 Å². The molecule has 0 saturated carbocycles. The third-order valence-corrected chi connectivity index (χ3v) is 27.2. The van der Waals surface area contributed by atoms with Crippen LogP contribution in [0, 0.1) is 0 Å². The highest BCUT2D eigenvalue weighted by atomic mass is 35.6. The van der Waals surface area contributed by atoms with E-state index in [1.54, 1.807) is 0 Å². The molecule has 0 fully saturated rings. The monoisotopic (exact) mass is 468 g/mol. The summed E-state index contributed by atoms with van der Waals surface area (Å²) < 4.78 is 0. The zero-order valence-corrected chi connectivity index (χ0v) is 24.3. The Kier molecular flexibility index (Phi) is 6.13. The van der Waals surface area contributed by atoms with Crippen LogP contribution in [-0.2, 0) is 10.8 Å². The van der Waals surface area contributed by atoms with Crippen molar-refractivity contribution in [3.05, 3.63) is 64.2 Å². The molecule has 0 amide bonds. The van der Waals surface area contributed by atoms with Crippen molar-refractivity contribution in [2.24, 2.45) is 0 Å². The van der Waals surface area contributed by atoms with Crippen LogP contribution in [0.2, 0.25) is 26.2 Å². The number of allylic oxidation sites excluding steroid dienone is 1. The fourth-order valence-corrected chi connectivity index (χ4v) is 11.9. The van der Waals surface area contributed by atoms with Crippen molar-refractivity contribution < 1.29 is 0 Å². The Balaban J connectivity index is 2.25. The minimum Gasteiger partial charge on any atom is -0.171 e. The van der Waals surface area contributed by atoms with Crippen molar-refractivity contribution in [2.45, 2.75) is 91.0 Å². The van der Waals surface area contributed by atoms with E-state index in [-0.39, 0.29) is 10.8 Å². The molecule has 0 bridgehead atoms. The van der Waals surface area contributed by atoms with Crippen molar-refractivity contribution in [1.29, 1.82) is 0 Å². The minimum atomic E-state index is -1.75. The molecular formula is C28H41ClSi2. The Hall–Kier alpha value is -1.10. The van der Waals surface area contributed by atoms with Crippen molar-refractivity contribution in [3.8, 4) is 11.1 Å². The first kappa shape index (κ1) is 24.5. The lowest BCUT2D eigenvalue weighted by molar-refractivity contribution is 0.569. The van der Waals surface area contributed by atoms with Gasteiger partial charge in [0.1, 0.15) is 6.90 Å². The van der Waals surface area contributed by atoms with Gasteiger partial charge in [0.05, 0.1) is 7.59 Å². The van der Waals surface area contributed by atoms with Crippen LogP contribution < -0.4 is 0 Å². The van der Waals surface area contributed by atoms with Gasteiger partial charge < -0.3 is 0 Å². The van der Waals surface area contributed by atoms with Gasteiger partial charge in [-0.05, 0) is 56.7 Å². The van der Waals surface area contributed by atoms with E-state index in [0.717, 1.165) is 0 Å². The minimum absolute atomic E-state index is 0.116. The van der Waals surface area contributed by atoms with E-state index < -0.39 is 14.5 Å². The first-order valence-electron chi connectivity index (χ1n) is 11.6. The predicted molar refractivity (Wildman–Crippen MR) is 146 cm³/mol. The lowest BCUT2D eigenvalue weighted by Crippen LogP contribution is -2.55. The average Bonchev–Trinajstić information content (AvgIpc) is 2.95. The van der Waals surface area contributed by atoms with Gasteiger partial charge in [-0.1, -0.05) is 116 Å². The Morgan fingerprint density at radius 1 is 0.806 bits per heavy atom. The lowest BCUT2D eigenvalue weighted by Gasteiger charge is -2.39. The molecule has 0 aliphatic heterocycles. The van der Waals surface area contributed by atoms with Gasteiger partial charge in [-0.3, -0.25) is 0 Å². The Bertz CT molecular complexity index is 992. The zero-order valence-electron chi connectivity index (χ0n) is 21.5. The number of halogens is 1. The molecule has 2 aromatic rings. The SMILES string of the molecule is CC1=Cc2c(-c3cc(C(C)(C)C)cc(C(C)(C)C)c3)cccc2C1[Si](C)(C)[Si](C)(C)Cl. The molecule has 2 aromatic carbocycles.